The lowest BCUT2D eigenvalue weighted by molar-refractivity contribution is -0.138. The normalized spacial score (nSPS) is 10.1. The van der Waals surface area contributed by atoms with Crippen LogP contribution in [0.25, 0.3) is 0 Å². The minimum atomic E-state index is -0.540. The number of hydrogen-bond donors (Lipinski definition) is 2. The van der Waals surface area contributed by atoms with E-state index in [1.807, 2.05) is 0 Å². The number of esters is 2. The van der Waals surface area contributed by atoms with Crippen molar-refractivity contribution in [2.24, 2.45) is 0 Å². The zero-order chi connectivity index (χ0) is 18.4. The lowest BCUT2D eigenvalue weighted by atomic mass is 10.1. The zero-order valence-electron chi connectivity index (χ0n) is 14.0. The van der Waals surface area contributed by atoms with Crippen LogP contribution < -0.4 is 16.2 Å². The molecule has 0 fully saturated rings. The van der Waals surface area contributed by atoms with Crippen LogP contribution in [0.4, 0.5) is 11.4 Å². The summed E-state index contributed by atoms with van der Waals surface area (Å²) in [6, 6.07) is 11.5. The molecule has 0 aliphatic rings. The molecule has 0 atom stereocenters. The molecule has 0 heterocycles. The highest BCUT2D eigenvalue weighted by Crippen LogP contribution is 2.18. The first-order valence-corrected chi connectivity index (χ1v) is 7.65. The predicted molar refractivity (Wildman–Crippen MR) is 96.1 cm³/mol. The van der Waals surface area contributed by atoms with Crippen LogP contribution in [-0.4, -0.2) is 18.5 Å². The van der Waals surface area contributed by atoms with E-state index in [9.17, 15) is 9.59 Å². The monoisotopic (exact) mass is 340 g/mol. The maximum atomic E-state index is 12.1. The minimum absolute atomic E-state index is 0.257. The fourth-order valence-electron chi connectivity index (χ4n) is 2.07. The van der Waals surface area contributed by atoms with Gasteiger partial charge in [-0.25, -0.2) is 9.59 Å². The highest BCUT2D eigenvalue weighted by molar-refractivity contribution is 5.93. The van der Waals surface area contributed by atoms with Gasteiger partial charge in [0.2, 0.25) is 0 Å². The van der Waals surface area contributed by atoms with Gasteiger partial charge in [-0.3, -0.25) is 0 Å². The van der Waals surface area contributed by atoms with Gasteiger partial charge in [0.1, 0.15) is 5.75 Å². The number of ether oxygens (including phenoxy) is 2. The molecule has 0 unspecified atom stereocenters. The van der Waals surface area contributed by atoms with E-state index >= 15 is 0 Å². The van der Waals surface area contributed by atoms with Crippen LogP contribution in [0.3, 0.4) is 0 Å². The Hall–Kier alpha value is -3.28. The summed E-state index contributed by atoms with van der Waals surface area (Å²) in [6.45, 7) is 5.37. The average Bonchev–Trinajstić information content (AvgIpc) is 2.55. The first-order valence-electron chi connectivity index (χ1n) is 7.65. The molecule has 130 valence electrons. The molecule has 0 saturated heterocycles. The molecule has 0 bridgehead atoms. The van der Waals surface area contributed by atoms with E-state index in [4.69, 9.17) is 20.9 Å². The van der Waals surface area contributed by atoms with Crippen molar-refractivity contribution in [2.75, 3.05) is 18.1 Å². The largest absolute Gasteiger partial charge is 0.462 e. The van der Waals surface area contributed by atoms with Gasteiger partial charge in [-0.1, -0.05) is 18.7 Å². The number of nitrogens with two attached hydrogens (primary N) is 2. The van der Waals surface area contributed by atoms with Crippen LogP contribution in [0.15, 0.2) is 54.6 Å². The SMILES string of the molecule is C=C(C)C(=O)OCCc1ccc(OC(=O)c2cc(N)cc(N)c2)cc1. The molecule has 0 aliphatic heterocycles. The standard InChI is InChI=1S/C19H20N2O4/c1-12(2)18(22)24-8-7-13-3-5-17(6-4-13)25-19(23)14-9-15(20)11-16(21)10-14/h3-6,9-11H,1,7-8,20-21H2,2H3. The lowest BCUT2D eigenvalue weighted by Crippen LogP contribution is -2.10. The summed E-state index contributed by atoms with van der Waals surface area (Å²) >= 11 is 0. The van der Waals surface area contributed by atoms with Crippen molar-refractivity contribution in [3.8, 4) is 5.75 Å². The van der Waals surface area contributed by atoms with Gasteiger partial charge < -0.3 is 20.9 Å². The Morgan fingerprint density at radius 1 is 1.04 bits per heavy atom. The molecule has 0 aliphatic carbocycles. The number of anilines is 2. The number of hydrogen-bond acceptors (Lipinski definition) is 6. The molecule has 6 nitrogen and oxygen atoms in total. The molecule has 0 aromatic heterocycles. The van der Waals surface area contributed by atoms with Crippen molar-refractivity contribution < 1.29 is 19.1 Å². The van der Waals surface area contributed by atoms with E-state index in [0.717, 1.165) is 5.56 Å². The summed E-state index contributed by atoms with van der Waals surface area (Å²) in [5.41, 5.74) is 13.7. The van der Waals surface area contributed by atoms with Crippen molar-refractivity contribution in [1.29, 1.82) is 0 Å². The molecule has 25 heavy (non-hydrogen) atoms. The highest BCUT2D eigenvalue weighted by Gasteiger charge is 2.10. The molecule has 6 heteroatoms. The maximum Gasteiger partial charge on any atom is 0.343 e. The zero-order valence-corrected chi connectivity index (χ0v) is 14.0. The Balaban J connectivity index is 1.92. The van der Waals surface area contributed by atoms with Crippen LogP contribution in [0.2, 0.25) is 0 Å². The average molecular weight is 340 g/mol. The van der Waals surface area contributed by atoms with E-state index in [2.05, 4.69) is 6.58 Å². The van der Waals surface area contributed by atoms with E-state index in [0.29, 0.717) is 29.1 Å². The second-order valence-corrected chi connectivity index (χ2v) is 5.59. The molecule has 0 radical (unpaired) electrons. The van der Waals surface area contributed by atoms with Gasteiger partial charge in [-0.05, 0) is 42.8 Å². The van der Waals surface area contributed by atoms with E-state index in [1.165, 1.54) is 12.1 Å². The molecule has 2 rings (SSSR count). The Bertz CT molecular complexity index is 777. The molecule has 2 aromatic rings. The van der Waals surface area contributed by atoms with Gasteiger partial charge in [-0.15, -0.1) is 0 Å². The van der Waals surface area contributed by atoms with Crippen LogP contribution in [0.5, 0.6) is 5.75 Å². The second kappa shape index (κ2) is 8.01. The Morgan fingerprint density at radius 2 is 1.64 bits per heavy atom. The molecule has 0 amide bonds. The summed E-state index contributed by atoms with van der Waals surface area (Å²) < 4.78 is 10.3. The molecule has 0 saturated carbocycles. The number of benzene rings is 2. The molecular weight excluding hydrogens is 320 g/mol. The van der Waals surface area contributed by atoms with Gasteiger partial charge >= 0.3 is 11.9 Å². The van der Waals surface area contributed by atoms with Crippen LogP contribution in [0, 0.1) is 0 Å². The van der Waals surface area contributed by atoms with Crippen molar-refractivity contribution >= 4 is 23.3 Å². The summed E-state index contributed by atoms with van der Waals surface area (Å²) in [7, 11) is 0. The number of rotatable bonds is 6. The third-order valence-electron chi connectivity index (χ3n) is 3.32. The molecule has 0 spiro atoms. The Morgan fingerprint density at radius 3 is 2.20 bits per heavy atom. The van der Waals surface area contributed by atoms with Gasteiger partial charge in [0, 0.05) is 23.4 Å². The third-order valence-corrected chi connectivity index (χ3v) is 3.32. The van der Waals surface area contributed by atoms with Crippen molar-refractivity contribution in [2.45, 2.75) is 13.3 Å². The van der Waals surface area contributed by atoms with Crippen molar-refractivity contribution in [3.63, 3.8) is 0 Å². The number of carbonyl (C=O) groups excluding carboxylic acids is 2. The maximum absolute atomic E-state index is 12.1. The number of nitrogen functional groups attached to an aromatic ring is 2. The third kappa shape index (κ3) is 5.39. The van der Waals surface area contributed by atoms with Gasteiger partial charge in [0.25, 0.3) is 0 Å². The van der Waals surface area contributed by atoms with Gasteiger partial charge in [0.15, 0.2) is 0 Å². The van der Waals surface area contributed by atoms with Gasteiger partial charge in [-0.2, -0.15) is 0 Å². The summed E-state index contributed by atoms with van der Waals surface area (Å²) in [5.74, 6) is -0.553. The predicted octanol–water partition coefficient (Wildman–Crippen LogP) is 2.73. The first-order chi connectivity index (χ1) is 11.8. The molecular formula is C19H20N2O4. The highest BCUT2D eigenvalue weighted by atomic mass is 16.5. The first kappa shape index (κ1) is 18.1. The van der Waals surface area contributed by atoms with Crippen molar-refractivity contribution in [1.82, 2.24) is 0 Å². The minimum Gasteiger partial charge on any atom is -0.462 e. The smallest absolute Gasteiger partial charge is 0.343 e. The Kier molecular flexibility index (Phi) is 5.79. The van der Waals surface area contributed by atoms with Crippen molar-refractivity contribution in [3.05, 3.63) is 65.7 Å². The van der Waals surface area contributed by atoms with E-state index < -0.39 is 11.9 Å². The van der Waals surface area contributed by atoms with Crippen LogP contribution in [0.1, 0.15) is 22.8 Å². The van der Waals surface area contributed by atoms with E-state index in [1.54, 1.807) is 37.3 Å². The lowest BCUT2D eigenvalue weighted by Gasteiger charge is -2.08. The quantitative estimate of drug-likeness (QED) is 0.362. The summed E-state index contributed by atoms with van der Waals surface area (Å²) in [4.78, 5) is 23.4. The summed E-state index contributed by atoms with van der Waals surface area (Å²) in [6.07, 6.45) is 0.555. The van der Waals surface area contributed by atoms with Crippen LogP contribution >= 0.6 is 0 Å². The Labute approximate surface area is 146 Å². The topological polar surface area (TPSA) is 105 Å². The summed E-state index contributed by atoms with van der Waals surface area (Å²) in [5, 5.41) is 0. The van der Waals surface area contributed by atoms with Gasteiger partial charge in [0.05, 0.1) is 12.2 Å². The van der Waals surface area contributed by atoms with E-state index in [-0.39, 0.29) is 12.2 Å². The fraction of sp³-hybridized carbons (Fsp3) is 0.158. The number of carbonyl (C=O) groups is 2. The fourth-order valence-corrected chi connectivity index (χ4v) is 2.07. The molecule has 4 N–H and O–H groups in total. The van der Waals surface area contributed by atoms with Crippen LogP contribution in [-0.2, 0) is 16.0 Å². The molecule has 2 aromatic carbocycles. The second-order valence-electron chi connectivity index (χ2n) is 5.59.